The van der Waals surface area contributed by atoms with Crippen LogP contribution in [-0.2, 0) is 0 Å². The lowest BCUT2D eigenvalue weighted by molar-refractivity contribution is -0.384. The Hall–Kier alpha value is -1.23. The molecular weight excluding hydrogens is 224 g/mol. The summed E-state index contributed by atoms with van der Waals surface area (Å²) in [6, 6.07) is 6.48. The van der Waals surface area contributed by atoms with Crippen molar-refractivity contribution in [2.24, 2.45) is 0 Å². The topological polar surface area (TPSA) is 55.2 Å². The minimum Gasteiger partial charge on any atom is -0.384 e. The van der Waals surface area contributed by atoms with Crippen molar-refractivity contribution < 1.29 is 4.92 Å². The molecule has 0 atom stereocenters. The predicted octanol–water partition coefficient (Wildman–Crippen LogP) is 3.15. The molecule has 1 rings (SSSR count). The molecule has 0 fully saturated rings. The predicted molar refractivity (Wildman–Crippen MR) is 69.2 cm³/mol. The normalized spacial score (nSPS) is 11.2. The van der Waals surface area contributed by atoms with Crippen LogP contribution < -0.4 is 5.32 Å². The van der Waals surface area contributed by atoms with Gasteiger partial charge in [0.15, 0.2) is 0 Å². The first-order valence-electron chi connectivity index (χ1n) is 4.98. The van der Waals surface area contributed by atoms with Crippen LogP contribution in [-0.4, -0.2) is 22.5 Å². The highest BCUT2D eigenvalue weighted by Crippen LogP contribution is 2.22. The maximum Gasteiger partial charge on any atom is 0.269 e. The molecule has 0 aliphatic carbocycles. The van der Waals surface area contributed by atoms with Gasteiger partial charge >= 0.3 is 0 Å². The van der Waals surface area contributed by atoms with Crippen LogP contribution in [0.4, 0.5) is 11.4 Å². The van der Waals surface area contributed by atoms with Crippen molar-refractivity contribution in [3.8, 4) is 0 Å². The molecule has 1 N–H and O–H groups in total. The van der Waals surface area contributed by atoms with Crippen LogP contribution in [0, 0.1) is 10.1 Å². The number of hydrogen-bond donors (Lipinski definition) is 1. The quantitative estimate of drug-likeness (QED) is 0.634. The van der Waals surface area contributed by atoms with Crippen molar-refractivity contribution in [1.82, 2.24) is 0 Å². The van der Waals surface area contributed by atoms with E-state index in [-0.39, 0.29) is 10.4 Å². The first-order chi connectivity index (χ1) is 7.44. The summed E-state index contributed by atoms with van der Waals surface area (Å²) in [5.41, 5.74) is 1.03. The number of hydrogen-bond acceptors (Lipinski definition) is 4. The second-order valence-corrected chi connectivity index (χ2v) is 5.63. The number of nitrogens with one attached hydrogen (secondary N) is 1. The number of non-ortho nitro benzene ring substituents is 1. The highest BCUT2D eigenvalue weighted by atomic mass is 32.2. The van der Waals surface area contributed by atoms with Crippen LogP contribution in [0.3, 0.4) is 0 Å². The molecule has 0 aromatic heterocycles. The van der Waals surface area contributed by atoms with Gasteiger partial charge in [-0.1, -0.05) is 0 Å². The molecule has 0 heterocycles. The molecule has 1 aromatic rings. The number of nitro benzene ring substituents is 1. The molecule has 1 aromatic carbocycles. The van der Waals surface area contributed by atoms with E-state index < -0.39 is 4.92 Å². The van der Waals surface area contributed by atoms with E-state index in [1.807, 2.05) is 0 Å². The molecular formula is C11H16N2O2S. The van der Waals surface area contributed by atoms with Gasteiger partial charge in [0.05, 0.1) is 4.92 Å². The lowest BCUT2D eigenvalue weighted by Crippen LogP contribution is -2.25. The van der Waals surface area contributed by atoms with Gasteiger partial charge in [-0.05, 0) is 32.2 Å². The Balaban J connectivity index is 2.59. The summed E-state index contributed by atoms with van der Waals surface area (Å²) in [4.78, 5) is 10.1. The molecule has 16 heavy (non-hydrogen) atoms. The van der Waals surface area contributed by atoms with Crippen molar-refractivity contribution in [3.05, 3.63) is 34.4 Å². The standard InChI is InChI=1S/C11H16N2O2S/c1-11(2,16-3)8-12-9-4-6-10(7-5-9)13(14)15/h4-7,12H,8H2,1-3H3. The maximum absolute atomic E-state index is 10.5. The third-order valence-electron chi connectivity index (χ3n) is 2.35. The third-order valence-corrected chi connectivity index (χ3v) is 3.60. The maximum atomic E-state index is 10.5. The molecule has 0 saturated heterocycles. The van der Waals surface area contributed by atoms with Crippen LogP contribution >= 0.6 is 11.8 Å². The van der Waals surface area contributed by atoms with Crippen LogP contribution in [0.25, 0.3) is 0 Å². The lowest BCUT2D eigenvalue weighted by atomic mass is 10.2. The van der Waals surface area contributed by atoms with E-state index in [4.69, 9.17) is 0 Å². The Bertz CT molecular complexity index is 363. The monoisotopic (exact) mass is 240 g/mol. The Morgan fingerprint density at radius 3 is 2.38 bits per heavy atom. The average molecular weight is 240 g/mol. The number of nitrogens with zero attached hydrogens (tertiary/aromatic N) is 1. The third kappa shape index (κ3) is 3.73. The summed E-state index contributed by atoms with van der Waals surface area (Å²) in [5.74, 6) is 0. The average Bonchev–Trinajstić information content (AvgIpc) is 2.27. The number of thioether (sulfide) groups is 1. The molecule has 88 valence electrons. The number of rotatable bonds is 5. The Kier molecular flexibility index (Phi) is 4.18. The fourth-order valence-electron chi connectivity index (χ4n) is 1.09. The molecule has 4 nitrogen and oxygen atoms in total. The first kappa shape index (κ1) is 12.8. The van der Waals surface area contributed by atoms with Crippen molar-refractivity contribution in [3.63, 3.8) is 0 Å². The Morgan fingerprint density at radius 1 is 1.38 bits per heavy atom. The second kappa shape index (κ2) is 5.21. The molecule has 0 amide bonds. The molecule has 0 spiro atoms. The van der Waals surface area contributed by atoms with Crippen molar-refractivity contribution in [1.29, 1.82) is 0 Å². The summed E-state index contributed by atoms with van der Waals surface area (Å²) in [6.07, 6.45) is 2.07. The summed E-state index contributed by atoms with van der Waals surface area (Å²) in [6.45, 7) is 5.12. The fraction of sp³-hybridized carbons (Fsp3) is 0.455. The van der Waals surface area contributed by atoms with Crippen LogP contribution in [0.1, 0.15) is 13.8 Å². The van der Waals surface area contributed by atoms with Crippen molar-refractivity contribution in [2.45, 2.75) is 18.6 Å². The van der Waals surface area contributed by atoms with Gasteiger partial charge in [0.1, 0.15) is 0 Å². The Morgan fingerprint density at radius 2 is 1.94 bits per heavy atom. The number of nitro groups is 1. The fourth-order valence-corrected chi connectivity index (χ4v) is 1.30. The van der Waals surface area contributed by atoms with Gasteiger partial charge in [0.25, 0.3) is 5.69 Å². The highest BCUT2D eigenvalue weighted by molar-refractivity contribution is 7.99. The van der Waals surface area contributed by atoms with Gasteiger partial charge in [-0.25, -0.2) is 0 Å². The molecule has 0 aliphatic heterocycles. The zero-order valence-electron chi connectivity index (χ0n) is 9.69. The minimum absolute atomic E-state index is 0.120. The summed E-state index contributed by atoms with van der Waals surface area (Å²) in [5, 5.41) is 13.7. The van der Waals surface area contributed by atoms with Crippen LogP contribution in [0.15, 0.2) is 24.3 Å². The first-order valence-corrected chi connectivity index (χ1v) is 6.20. The molecule has 0 aliphatic rings. The van der Waals surface area contributed by atoms with E-state index in [9.17, 15) is 10.1 Å². The molecule has 5 heteroatoms. The van der Waals surface area contributed by atoms with Gasteiger partial charge in [-0.3, -0.25) is 10.1 Å². The van der Waals surface area contributed by atoms with Gasteiger partial charge in [0.2, 0.25) is 0 Å². The molecule has 0 saturated carbocycles. The number of benzene rings is 1. The zero-order valence-corrected chi connectivity index (χ0v) is 10.5. The molecule has 0 bridgehead atoms. The van der Waals surface area contributed by atoms with E-state index in [2.05, 4.69) is 25.4 Å². The Labute approximate surface area is 99.6 Å². The zero-order chi connectivity index (χ0) is 12.2. The molecule has 0 unspecified atom stereocenters. The van der Waals surface area contributed by atoms with Crippen molar-refractivity contribution in [2.75, 3.05) is 18.1 Å². The summed E-state index contributed by atoms with van der Waals surface area (Å²) < 4.78 is 0.155. The van der Waals surface area contributed by atoms with Crippen molar-refractivity contribution >= 4 is 23.1 Å². The summed E-state index contributed by atoms with van der Waals surface area (Å²) in [7, 11) is 0. The van der Waals surface area contributed by atoms with E-state index in [1.54, 1.807) is 23.9 Å². The molecule has 0 radical (unpaired) electrons. The van der Waals surface area contributed by atoms with E-state index in [1.165, 1.54) is 12.1 Å². The lowest BCUT2D eigenvalue weighted by Gasteiger charge is -2.22. The van der Waals surface area contributed by atoms with Gasteiger partial charge in [0, 0.05) is 29.1 Å². The minimum atomic E-state index is -0.393. The highest BCUT2D eigenvalue weighted by Gasteiger charge is 2.15. The van der Waals surface area contributed by atoms with Crippen LogP contribution in [0.5, 0.6) is 0 Å². The van der Waals surface area contributed by atoms with E-state index in [0.717, 1.165) is 12.2 Å². The van der Waals surface area contributed by atoms with E-state index >= 15 is 0 Å². The smallest absolute Gasteiger partial charge is 0.269 e. The van der Waals surface area contributed by atoms with Gasteiger partial charge < -0.3 is 5.32 Å². The van der Waals surface area contributed by atoms with Gasteiger partial charge in [-0.15, -0.1) is 0 Å². The number of anilines is 1. The summed E-state index contributed by atoms with van der Waals surface area (Å²) >= 11 is 1.78. The SMILES string of the molecule is CSC(C)(C)CNc1ccc([N+](=O)[O-])cc1. The largest absolute Gasteiger partial charge is 0.384 e. The second-order valence-electron chi connectivity index (χ2n) is 4.12. The van der Waals surface area contributed by atoms with Crippen LogP contribution in [0.2, 0.25) is 0 Å². The van der Waals surface area contributed by atoms with Gasteiger partial charge in [-0.2, -0.15) is 11.8 Å². The van der Waals surface area contributed by atoms with E-state index in [0.29, 0.717) is 0 Å².